The van der Waals surface area contributed by atoms with Crippen molar-refractivity contribution in [3.63, 3.8) is 0 Å². The molecule has 0 radical (unpaired) electrons. The first-order chi connectivity index (χ1) is 10.2. The number of likely N-dealkylation sites (tertiary alicyclic amines) is 1. The molecule has 3 rings (SSSR count). The fourth-order valence-electron chi connectivity index (χ4n) is 2.74. The Hall–Kier alpha value is -1.56. The summed E-state index contributed by atoms with van der Waals surface area (Å²) in [6.45, 7) is 2.03. The average Bonchev–Trinajstić information content (AvgIpc) is 3.04. The van der Waals surface area contributed by atoms with Gasteiger partial charge in [-0.2, -0.15) is 11.3 Å². The summed E-state index contributed by atoms with van der Waals surface area (Å²) in [4.78, 5) is 25.5. The summed E-state index contributed by atoms with van der Waals surface area (Å²) in [5, 5.41) is 9.87. The molecule has 0 bridgehead atoms. The lowest BCUT2D eigenvalue weighted by Gasteiger charge is -2.15. The largest absolute Gasteiger partial charge is 0.339 e. The lowest BCUT2D eigenvalue weighted by molar-refractivity contribution is -0.128. The smallest absolute Gasteiger partial charge is 0.314 e. The van der Waals surface area contributed by atoms with E-state index in [2.05, 4.69) is 22.1 Å². The number of hydrogen-bond acceptors (Lipinski definition) is 3. The first kappa shape index (κ1) is 14.4. The Morgan fingerprint density at radius 3 is 2.95 bits per heavy atom. The molecule has 1 aliphatic carbocycles. The second kappa shape index (κ2) is 6.47. The third kappa shape index (κ3) is 3.97. The van der Waals surface area contributed by atoms with Crippen molar-refractivity contribution >= 4 is 23.3 Å². The van der Waals surface area contributed by atoms with Gasteiger partial charge in [0.15, 0.2) is 0 Å². The van der Waals surface area contributed by atoms with Crippen molar-refractivity contribution in [3.05, 3.63) is 22.4 Å². The first-order valence-electron chi connectivity index (χ1n) is 7.54. The van der Waals surface area contributed by atoms with E-state index in [1.807, 2.05) is 10.3 Å². The van der Waals surface area contributed by atoms with Crippen LogP contribution in [0.1, 0.15) is 24.8 Å². The van der Waals surface area contributed by atoms with Crippen LogP contribution >= 0.6 is 11.3 Å². The Morgan fingerprint density at radius 1 is 1.38 bits per heavy atom. The van der Waals surface area contributed by atoms with Gasteiger partial charge in [0.2, 0.25) is 5.91 Å². The van der Waals surface area contributed by atoms with Crippen molar-refractivity contribution in [3.8, 4) is 0 Å². The van der Waals surface area contributed by atoms with Crippen LogP contribution < -0.4 is 10.6 Å². The normalized spacial score (nSPS) is 21.6. The summed E-state index contributed by atoms with van der Waals surface area (Å²) in [5.74, 6) is 0.517. The summed E-state index contributed by atoms with van der Waals surface area (Å²) < 4.78 is 0. The van der Waals surface area contributed by atoms with Gasteiger partial charge in [-0.3, -0.25) is 4.79 Å². The zero-order valence-corrected chi connectivity index (χ0v) is 12.8. The Balaban J connectivity index is 1.31. The molecule has 21 heavy (non-hydrogen) atoms. The van der Waals surface area contributed by atoms with Crippen LogP contribution in [0.3, 0.4) is 0 Å². The van der Waals surface area contributed by atoms with E-state index in [1.165, 1.54) is 5.56 Å². The van der Waals surface area contributed by atoms with E-state index in [0.29, 0.717) is 25.6 Å². The second-order valence-electron chi connectivity index (χ2n) is 5.87. The van der Waals surface area contributed by atoms with E-state index < -0.39 is 0 Å². The highest BCUT2D eigenvalue weighted by molar-refractivity contribution is 7.07. The molecule has 2 N–H and O–H groups in total. The summed E-state index contributed by atoms with van der Waals surface area (Å²) in [5.41, 5.74) is 1.25. The molecule has 5 nitrogen and oxygen atoms in total. The minimum absolute atomic E-state index is 0.137. The Labute approximate surface area is 128 Å². The molecule has 1 saturated heterocycles. The van der Waals surface area contributed by atoms with Crippen molar-refractivity contribution in [2.24, 2.45) is 5.92 Å². The topological polar surface area (TPSA) is 61.4 Å². The summed E-state index contributed by atoms with van der Waals surface area (Å²) >= 11 is 1.67. The van der Waals surface area contributed by atoms with Crippen LogP contribution in [0.5, 0.6) is 0 Å². The standard InChI is InChI=1S/C15H21N3O2S/c19-14-7-12(9-18(14)13-1-2-13)8-17-15(20)16-5-3-11-4-6-21-10-11/h4,6,10,12-13H,1-3,5,7-9H2,(H2,16,17,20)/t12-/m1/s1. The number of urea groups is 1. The molecule has 1 atom stereocenters. The Morgan fingerprint density at radius 2 is 2.24 bits per heavy atom. The zero-order valence-electron chi connectivity index (χ0n) is 12.0. The van der Waals surface area contributed by atoms with Gasteiger partial charge in [-0.25, -0.2) is 4.79 Å². The summed E-state index contributed by atoms with van der Waals surface area (Å²) in [6, 6.07) is 2.42. The van der Waals surface area contributed by atoms with Gasteiger partial charge < -0.3 is 15.5 Å². The highest BCUT2D eigenvalue weighted by Gasteiger charge is 2.39. The highest BCUT2D eigenvalue weighted by Crippen LogP contribution is 2.32. The molecule has 2 fully saturated rings. The SMILES string of the molecule is O=C(NCCc1ccsc1)NC[C@H]1CC(=O)N(C2CC2)C1. The van der Waals surface area contributed by atoms with Crippen LogP contribution in [0.2, 0.25) is 0 Å². The lowest BCUT2D eigenvalue weighted by Crippen LogP contribution is -2.39. The molecule has 2 aliphatic rings. The van der Waals surface area contributed by atoms with Crippen LogP contribution in [0.4, 0.5) is 4.79 Å². The monoisotopic (exact) mass is 307 g/mol. The number of amides is 3. The van der Waals surface area contributed by atoms with Gasteiger partial charge in [-0.1, -0.05) is 0 Å². The van der Waals surface area contributed by atoms with E-state index in [0.717, 1.165) is 25.8 Å². The molecule has 2 heterocycles. The third-order valence-corrected chi connectivity index (χ3v) is 4.79. The van der Waals surface area contributed by atoms with Crippen molar-refractivity contribution in [2.75, 3.05) is 19.6 Å². The number of carbonyl (C=O) groups is 2. The van der Waals surface area contributed by atoms with Crippen molar-refractivity contribution in [2.45, 2.75) is 31.7 Å². The first-order valence-corrected chi connectivity index (χ1v) is 8.49. The molecular weight excluding hydrogens is 286 g/mol. The van der Waals surface area contributed by atoms with Crippen LogP contribution in [0.15, 0.2) is 16.8 Å². The van der Waals surface area contributed by atoms with E-state index in [-0.39, 0.29) is 17.9 Å². The van der Waals surface area contributed by atoms with Gasteiger partial charge in [0.1, 0.15) is 0 Å². The predicted octanol–water partition coefficient (Wildman–Crippen LogP) is 1.60. The van der Waals surface area contributed by atoms with E-state index >= 15 is 0 Å². The maximum Gasteiger partial charge on any atom is 0.314 e. The number of carbonyl (C=O) groups excluding carboxylic acids is 2. The molecular formula is C15H21N3O2S. The maximum absolute atomic E-state index is 11.8. The minimum Gasteiger partial charge on any atom is -0.339 e. The molecule has 0 unspecified atom stereocenters. The number of nitrogens with zero attached hydrogens (tertiary/aromatic N) is 1. The van der Waals surface area contributed by atoms with Gasteiger partial charge in [0.05, 0.1) is 0 Å². The van der Waals surface area contributed by atoms with Crippen molar-refractivity contribution in [1.29, 1.82) is 0 Å². The molecule has 0 spiro atoms. The maximum atomic E-state index is 11.8. The van der Waals surface area contributed by atoms with Crippen LogP contribution in [0.25, 0.3) is 0 Å². The predicted molar refractivity (Wildman–Crippen MR) is 82.3 cm³/mol. The number of thiophene rings is 1. The van der Waals surface area contributed by atoms with Gasteiger partial charge in [-0.15, -0.1) is 0 Å². The average molecular weight is 307 g/mol. The summed E-state index contributed by atoms with van der Waals surface area (Å²) in [6.07, 6.45) is 3.73. The van der Waals surface area contributed by atoms with Gasteiger partial charge in [-0.05, 0) is 41.7 Å². The van der Waals surface area contributed by atoms with Gasteiger partial charge >= 0.3 is 6.03 Å². The molecule has 1 saturated carbocycles. The Bertz CT molecular complexity index is 499. The molecule has 3 amide bonds. The summed E-state index contributed by atoms with van der Waals surface area (Å²) in [7, 11) is 0. The van der Waals surface area contributed by atoms with E-state index in [4.69, 9.17) is 0 Å². The van der Waals surface area contributed by atoms with E-state index in [1.54, 1.807) is 11.3 Å². The minimum atomic E-state index is -0.137. The quantitative estimate of drug-likeness (QED) is 0.838. The zero-order chi connectivity index (χ0) is 14.7. The molecule has 1 aromatic heterocycles. The van der Waals surface area contributed by atoms with Crippen LogP contribution in [-0.2, 0) is 11.2 Å². The number of rotatable bonds is 6. The molecule has 1 aromatic rings. The van der Waals surface area contributed by atoms with Crippen molar-refractivity contribution < 1.29 is 9.59 Å². The molecule has 6 heteroatoms. The fourth-order valence-corrected chi connectivity index (χ4v) is 3.44. The fraction of sp³-hybridized carbons (Fsp3) is 0.600. The second-order valence-corrected chi connectivity index (χ2v) is 6.65. The number of nitrogens with one attached hydrogen (secondary N) is 2. The molecule has 114 valence electrons. The van der Waals surface area contributed by atoms with Crippen LogP contribution in [0, 0.1) is 5.92 Å². The van der Waals surface area contributed by atoms with Gasteiger partial charge in [0, 0.05) is 38.0 Å². The van der Waals surface area contributed by atoms with Crippen LogP contribution in [-0.4, -0.2) is 42.5 Å². The van der Waals surface area contributed by atoms with E-state index in [9.17, 15) is 9.59 Å². The third-order valence-electron chi connectivity index (χ3n) is 4.06. The molecule has 1 aliphatic heterocycles. The highest BCUT2D eigenvalue weighted by atomic mass is 32.1. The number of hydrogen-bond donors (Lipinski definition) is 2. The molecule has 0 aromatic carbocycles. The van der Waals surface area contributed by atoms with Crippen molar-refractivity contribution in [1.82, 2.24) is 15.5 Å². The van der Waals surface area contributed by atoms with Gasteiger partial charge in [0.25, 0.3) is 0 Å². The lowest BCUT2D eigenvalue weighted by atomic mass is 10.1. The Kier molecular flexibility index (Phi) is 4.43.